The van der Waals surface area contributed by atoms with Gasteiger partial charge in [-0.15, -0.1) is 0 Å². The van der Waals surface area contributed by atoms with Crippen molar-refractivity contribution in [1.82, 2.24) is 16.0 Å². The summed E-state index contributed by atoms with van der Waals surface area (Å²) in [6, 6.07) is -4.76. The van der Waals surface area contributed by atoms with Crippen molar-refractivity contribution >= 4 is 47.3 Å². The Bertz CT molecular complexity index is 749. The van der Waals surface area contributed by atoms with Crippen molar-refractivity contribution < 1.29 is 33.9 Å². The Hall–Kier alpha value is -2.87. The molecule has 194 valence electrons. The molecule has 0 aromatic carbocycles. The van der Waals surface area contributed by atoms with E-state index in [9.17, 15) is 33.9 Å². The molecule has 34 heavy (non-hydrogen) atoms. The predicted octanol–water partition coefficient (Wildman–Crippen LogP) is -2.21. The van der Waals surface area contributed by atoms with Gasteiger partial charge in [0.05, 0.1) is 12.5 Å². The van der Waals surface area contributed by atoms with Gasteiger partial charge in [-0.2, -0.15) is 11.8 Å². The molecule has 0 spiro atoms. The lowest BCUT2D eigenvalue weighted by Gasteiger charge is -2.26. The van der Waals surface area contributed by atoms with Crippen LogP contribution in [0, 0.1) is 5.92 Å². The maximum Gasteiger partial charge on any atom is 0.326 e. The number of amides is 5. The highest BCUT2D eigenvalue weighted by molar-refractivity contribution is 7.98. The van der Waals surface area contributed by atoms with E-state index in [1.54, 1.807) is 0 Å². The van der Waals surface area contributed by atoms with Gasteiger partial charge in [-0.1, -0.05) is 13.8 Å². The number of carbonyl (C=O) groups is 6. The second kappa shape index (κ2) is 15.9. The highest BCUT2D eigenvalue weighted by Crippen LogP contribution is 2.09. The second-order valence-corrected chi connectivity index (χ2v) is 9.20. The maximum absolute atomic E-state index is 12.9. The van der Waals surface area contributed by atoms with Crippen LogP contribution in [-0.2, 0) is 28.8 Å². The molecule has 0 fully saturated rings. The second-order valence-electron chi connectivity index (χ2n) is 8.21. The van der Waals surface area contributed by atoms with Gasteiger partial charge >= 0.3 is 5.97 Å². The number of primary amides is 2. The standard InChI is InChI=1S/C20H36N6O7S/c1-10(2)8-14(19(31)25-13(20(32)33)4-5-15(22)27)26-18(30)12(6-7-34-3)24-17(29)11(21)9-16(23)28/h10-14H,4-9,21H2,1-3H3,(H2,22,27)(H2,23,28)(H,24,29)(H,25,31)(H,26,30)(H,32,33). The zero-order valence-electron chi connectivity index (χ0n) is 19.7. The van der Waals surface area contributed by atoms with Gasteiger partial charge in [-0.05, 0) is 37.2 Å². The molecule has 0 aliphatic rings. The molecule has 4 atom stereocenters. The molecule has 0 bridgehead atoms. The minimum Gasteiger partial charge on any atom is -0.480 e. The molecule has 0 saturated heterocycles. The van der Waals surface area contributed by atoms with Crippen molar-refractivity contribution in [3.05, 3.63) is 0 Å². The van der Waals surface area contributed by atoms with E-state index in [4.69, 9.17) is 17.2 Å². The number of carboxylic acid groups (broad SMARTS) is 1. The van der Waals surface area contributed by atoms with E-state index in [1.165, 1.54) is 11.8 Å². The first-order valence-electron chi connectivity index (χ1n) is 10.7. The molecule has 0 saturated carbocycles. The van der Waals surface area contributed by atoms with Gasteiger partial charge in [0, 0.05) is 6.42 Å². The average molecular weight is 505 g/mol. The predicted molar refractivity (Wildman–Crippen MR) is 126 cm³/mol. The van der Waals surface area contributed by atoms with Crippen LogP contribution in [0.25, 0.3) is 0 Å². The Morgan fingerprint density at radius 2 is 1.35 bits per heavy atom. The fourth-order valence-electron chi connectivity index (χ4n) is 2.88. The molecule has 4 unspecified atom stereocenters. The number of aliphatic carboxylic acids is 1. The summed E-state index contributed by atoms with van der Waals surface area (Å²) >= 11 is 1.43. The molecule has 0 aliphatic carbocycles. The third kappa shape index (κ3) is 13.0. The van der Waals surface area contributed by atoms with Gasteiger partial charge < -0.3 is 38.3 Å². The van der Waals surface area contributed by atoms with Crippen molar-refractivity contribution in [3.8, 4) is 0 Å². The molecule has 10 N–H and O–H groups in total. The van der Waals surface area contributed by atoms with E-state index in [1.807, 2.05) is 20.1 Å². The normalized spacial score (nSPS) is 14.4. The van der Waals surface area contributed by atoms with Crippen molar-refractivity contribution in [2.45, 2.75) is 70.1 Å². The summed E-state index contributed by atoms with van der Waals surface area (Å²) in [6.45, 7) is 3.62. The molecule has 5 amide bonds. The molecule has 0 rings (SSSR count). The SMILES string of the molecule is CSCCC(NC(=O)C(N)CC(N)=O)C(=O)NC(CC(C)C)C(=O)NC(CCC(N)=O)C(=O)O. The van der Waals surface area contributed by atoms with E-state index in [0.29, 0.717) is 5.75 Å². The van der Waals surface area contributed by atoms with Crippen LogP contribution in [0.2, 0.25) is 0 Å². The molecule has 0 aliphatic heterocycles. The highest BCUT2D eigenvalue weighted by atomic mass is 32.2. The van der Waals surface area contributed by atoms with Crippen LogP contribution in [0.4, 0.5) is 0 Å². The minimum absolute atomic E-state index is 0.0480. The number of nitrogens with two attached hydrogens (primary N) is 3. The summed E-state index contributed by atoms with van der Waals surface area (Å²) in [7, 11) is 0. The number of nitrogens with one attached hydrogen (secondary N) is 3. The smallest absolute Gasteiger partial charge is 0.326 e. The first-order chi connectivity index (χ1) is 15.8. The number of carbonyl (C=O) groups excluding carboxylic acids is 5. The van der Waals surface area contributed by atoms with Crippen LogP contribution in [0.1, 0.15) is 46.0 Å². The van der Waals surface area contributed by atoms with Gasteiger partial charge in [-0.25, -0.2) is 4.79 Å². The number of carboxylic acids is 1. The largest absolute Gasteiger partial charge is 0.480 e. The van der Waals surface area contributed by atoms with Gasteiger partial charge in [0.15, 0.2) is 0 Å². The highest BCUT2D eigenvalue weighted by Gasteiger charge is 2.31. The molecule has 0 heterocycles. The zero-order chi connectivity index (χ0) is 26.4. The van der Waals surface area contributed by atoms with Crippen LogP contribution in [0.15, 0.2) is 0 Å². The minimum atomic E-state index is -1.37. The van der Waals surface area contributed by atoms with E-state index in [2.05, 4.69) is 16.0 Å². The van der Waals surface area contributed by atoms with Crippen molar-refractivity contribution in [1.29, 1.82) is 0 Å². The van der Waals surface area contributed by atoms with E-state index >= 15 is 0 Å². The van der Waals surface area contributed by atoms with Crippen molar-refractivity contribution in [2.24, 2.45) is 23.1 Å². The number of thioether (sulfide) groups is 1. The first-order valence-corrected chi connectivity index (χ1v) is 12.1. The van der Waals surface area contributed by atoms with E-state index < -0.39 is 66.1 Å². The molecular formula is C20H36N6O7S. The Labute approximate surface area is 202 Å². The van der Waals surface area contributed by atoms with E-state index in [-0.39, 0.29) is 31.6 Å². The topological polar surface area (TPSA) is 237 Å². The lowest BCUT2D eigenvalue weighted by atomic mass is 10.0. The number of hydrogen-bond acceptors (Lipinski definition) is 8. The van der Waals surface area contributed by atoms with Crippen LogP contribution in [0.3, 0.4) is 0 Å². The lowest BCUT2D eigenvalue weighted by molar-refractivity contribution is -0.142. The third-order valence-corrected chi connectivity index (χ3v) is 5.28. The summed E-state index contributed by atoms with van der Waals surface area (Å²) in [5, 5.41) is 16.7. The van der Waals surface area contributed by atoms with Crippen LogP contribution in [0.5, 0.6) is 0 Å². The maximum atomic E-state index is 12.9. The number of hydrogen-bond donors (Lipinski definition) is 7. The van der Waals surface area contributed by atoms with Gasteiger partial charge in [0.2, 0.25) is 29.5 Å². The van der Waals surface area contributed by atoms with Gasteiger partial charge in [0.25, 0.3) is 0 Å². The summed E-state index contributed by atoms with van der Waals surface area (Å²) in [4.78, 5) is 71.5. The van der Waals surface area contributed by atoms with Gasteiger partial charge in [0.1, 0.15) is 18.1 Å². The van der Waals surface area contributed by atoms with Gasteiger partial charge in [-0.3, -0.25) is 24.0 Å². The summed E-state index contributed by atoms with van der Waals surface area (Å²) in [5.41, 5.74) is 15.7. The quantitative estimate of drug-likeness (QED) is 0.113. The molecule has 0 radical (unpaired) electrons. The fraction of sp³-hybridized carbons (Fsp3) is 0.700. The third-order valence-electron chi connectivity index (χ3n) is 4.64. The average Bonchev–Trinajstić information content (AvgIpc) is 2.71. The van der Waals surface area contributed by atoms with Crippen molar-refractivity contribution in [2.75, 3.05) is 12.0 Å². The number of rotatable bonds is 17. The Morgan fingerprint density at radius 3 is 1.82 bits per heavy atom. The Kier molecular flexibility index (Phi) is 14.5. The van der Waals surface area contributed by atoms with Crippen molar-refractivity contribution in [3.63, 3.8) is 0 Å². The monoisotopic (exact) mass is 504 g/mol. The summed E-state index contributed by atoms with van der Waals surface area (Å²) in [5.74, 6) is -4.55. The molecular weight excluding hydrogens is 468 g/mol. The van der Waals surface area contributed by atoms with E-state index in [0.717, 1.165) is 0 Å². The first kappa shape index (κ1) is 31.1. The lowest BCUT2D eigenvalue weighted by Crippen LogP contribution is -2.57. The van der Waals surface area contributed by atoms with Crippen LogP contribution in [-0.4, -0.2) is 76.8 Å². The zero-order valence-corrected chi connectivity index (χ0v) is 20.5. The molecule has 0 aromatic rings. The Balaban J connectivity index is 5.48. The Morgan fingerprint density at radius 1 is 0.824 bits per heavy atom. The summed E-state index contributed by atoms with van der Waals surface area (Å²) in [6.07, 6.45) is 1.36. The summed E-state index contributed by atoms with van der Waals surface area (Å²) < 4.78 is 0. The van der Waals surface area contributed by atoms with Crippen LogP contribution >= 0.6 is 11.8 Å². The molecule has 13 nitrogen and oxygen atoms in total. The molecule has 0 aromatic heterocycles. The fourth-order valence-corrected chi connectivity index (χ4v) is 3.36. The van der Waals surface area contributed by atoms with Crippen LogP contribution < -0.4 is 33.2 Å². The molecule has 14 heteroatoms.